The number of amides is 3. The number of piperidine rings is 1. The maximum atomic E-state index is 12.6. The molecule has 1 aromatic carbocycles. The Kier molecular flexibility index (Phi) is 6.50. The van der Waals surface area contributed by atoms with Crippen LogP contribution in [-0.4, -0.2) is 50.2 Å². The average Bonchev–Trinajstić information content (AvgIpc) is 2.60. The maximum Gasteiger partial charge on any atom is 0.317 e. The number of methoxy groups -OCH3 is 2. The van der Waals surface area contributed by atoms with Crippen molar-refractivity contribution in [1.29, 1.82) is 0 Å². The van der Waals surface area contributed by atoms with Crippen LogP contribution in [-0.2, 0) is 4.79 Å². The Bertz CT molecular complexity index is 620. The maximum absolute atomic E-state index is 12.6. The fourth-order valence-corrected chi connectivity index (χ4v) is 3.10. The van der Waals surface area contributed by atoms with Crippen LogP contribution in [0.15, 0.2) is 18.2 Å². The number of likely N-dealkylation sites (tertiary alicyclic amines) is 1. The predicted octanol–water partition coefficient (Wildman–Crippen LogP) is 2.07. The van der Waals surface area contributed by atoms with E-state index in [0.717, 1.165) is 18.4 Å². The Morgan fingerprint density at radius 1 is 1.28 bits per heavy atom. The lowest BCUT2D eigenvalue weighted by molar-refractivity contribution is -0.119. The number of nitrogens with one attached hydrogen (secondary N) is 2. The molecular formula is C18H27N3O4. The van der Waals surface area contributed by atoms with E-state index < -0.39 is 0 Å². The Labute approximate surface area is 148 Å². The van der Waals surface area contributed by atoms with E-state index in [2.05, 4.69) is 10.6 Å². The van der Waals surface area contributed by atoms with Gasteiger partial charge in [0, 0.05) is 31.6 Å². The van der Waals surface area contributed by atoms with E-state index in [-0.39, 0.29) is 24.0 Å². The standard InChI is InChI=1S/C18H27N3O4/c1-12(16-10-15(24-3)7-8-17(16)25-4)19-18(23)21-9-5-6-14(11-21)20-13(2)22/h7-8,10,12,14H,5-6,9,11H2,1-4H3,(H,19,23)(H,20,22)/t12-,14-/m1/s1. The topological polar surface area (TPSA) is 79.9 Å². The summed E-state index contributed by atoms with van der Waals surface area (Å²) < 4.78 is 10.6. The molecule has 0 unspecified atom stereocenters. The minimum absolute atomic E-state index is 0.0126. The Morgan fingerprint density at radius 2 is 2.04 bits per heavy atom. The molecule has 0 spiro atoms. The molecule has 2 N–H and O–H groups in total. The van der Waals surface area contributed by atoms with Crippen molar-refractivity contribution in [3.05, 3.63) is 23.8 Å². The van der Waals surface area contributed by atoms with Crippen LogP contribution in [0.5, 0.6) is 11.5 Å². The molecule has 1 heterocycles. The normalized spacial score (nSPS) is 18.2. The third-order valence-electron chi connectivity index (χ3n) is 4.36. The monoisotopic (exact) mass is 349 g/mol. The highest BCUT2D eigenvalue weighted by Crippen LogP contribution is 2.29. The van der Waals surface area contributed by atoms with Crippen LogP contribution >= 0.6 is 0 Å². The highest BCUT2D eigenvalue weighted by molar-refractivity contribution is 5.76. The second-order valence-corrected chi connectivity index (χ2v) is 6.26. The smallest absolute Gasteiger partial charge is 0.317 e. The van der Waals surface area contributed by atoms with Gasteiger partial charge in [-0.2, -0.15) is 0 Å². The molecule has 0 aromatic heterocycles. The van der Waals surface area contributed by atoms with Gasteiger partial charge in [-0.15, -0.1) is 0 Å². The molecule has 1 aromatic rings. The van der Waals surface area contributed by atoms with E-state index in [0.29, 0.717) is 24.6 Å². The molecule has 0 saturated carbocycles. The van der Waals surface area contributed by atoms with E-state index in [1.54, 1.807) is 19.1 Å². The molecule has 2 rings (SSSR count). The molecule has 0 aliphatic carbocycles. The lowest BCUT2D eigenvalue weighted by Gasteiger charge is -2.34. The molecule has 0 radical (unpaired) electrons. The second-order valence-electron chi connectivity index (χ2n) is 6.26. The van der Waals surface area contributed by atoms with E-state index in [1.807, 2.05) is 25.1 Å². The number of rotatable bonds is 5. The van der Waals surface area contributed by atoms with Crippen molar-refractivity contribution in [2.24, 2.45) is 0 Å². The molecule has 7 nitrogen and oxygen atoms in total. The molecule has 2 atom stereocenters. The van der Waals surface area contributed by atoms with E-state index in [4.69, 9.17) is 9.47 Å². The Hall–Kier alpha value is -2.44. The zero-order valence-corrected chi connectivity index (χ0v) is 15.3. The van der Waals surface area contributed by atoms with E-state index in [1.165, 1.54) is 6.92 Å². The molecular weight excluding hydrogens is 322 g/mol. The van der Waals surface area contributed by atoms with Crippen molar-refractivity contribution in [1.82, 2.24) is 15.5 Å². The Balaban J connectivity index is 2.03. The highest BCUT2D eigenvalue weighted by Gasteiger charge is 2.25. The number of nitrogens with zero attached hydrogens (tertiary/aromatic N) is 1. The fraction of sp³-hybridized carbons (Fsp3) is 0.556. The van der Waals surface area contributed by atoms with Gasteiger partial charge < -0.3 is 25.0 Å². The van der Waals surface area contributed by atoms with E-state index in [9.17, 15) is 9.59 Å². The van der Waals surface area contributed by atoms with Crippen LogP contribution in [0, 0.1) is 0 Å². The minimum atomic E-state index is -0.237. The van der Waals surface area contributed by atoms with Crippen molar-refractivity contribution in [3.8, 4) is 11.5 Å². The number of urea groups is 1. The summed E-state index contributed by atoms with van der Waals surface area (Å²) in [6.45, 7) is 4.61. The van der Waals surface area contributed by atoms with Crippen LogP contribution in [0.1, 0.15) is 38.3 Å². The lowest BCUT2D eigenvalue weighted by Crippen LogP contribution is -2.52. The molecule has 25 heavy (non-hydrogen) atoms. The van der Waals surface area contributed by atoms with Crippen molar-refractivity contribution in [2.75, 3.05) is 27.3 Å². The van der Waals surface area contributed by atoms with Crippen molar-refractivity contribution in [3.63, 3.8) is 0 Å². The number of hydrogen-bond donors (Lipinski definition) is 2. The number of ether oxygens (including phenoxy) is 2. The zero-order chi connectivity index (χ0) is 18.4. The minimum Gasteiger partial charge on any atom is -0.497 e. The zero-order valence-electron chi connectivity index (χ0n) is 15.3. The van der Waals surface area contributed by atoms with Crippen molar-refractivity contribution in [2.45, 2.75) is 38.8 Å². The van der Waals surface area contributed by atoms with Crippen LogP contribution in [0.4, 0.5) is 4.79 Å². The summed E-state index contributed by atoms with van der Waals surface area (Å²) in [5, 5.41) is 5.89. The van der Waals surface area contributed by atoms with Gasteiger partial charge in [-0.3, -0.25) is 4.79 Å². The quantitative estimate of drug-likeness (QED) is 0.853. The van der Waals surface area contributed by atoms with Crippen LogP contribution in [0.3, 0.4) is 0 Å². The first-order valence-corrected chi connectivity index (χ1v) is 8.49. The van der Waals surface area contributed by atoms with Gasteiger partial charge in [0.05, 0.1) is 20.3 Å². The third kappa shape index (κ3) is 5.01. The average molecular weight is 349 g/mol. The first-order valence-electron chi connectivity index (χ1n) is 8.49. The summed E-state index contributed by atoms with van der Waals surface area (Å²) in [7, 11) is 3.20. The fourth-order valence-electron chi connectivity index (χ4n) is 3.10. The molecule has 138 valence electrons. The van der Waals surface area contributed by atoms with Crippen molar-refractivity contribution >= 4 is 11.9 Å². The van der Waals surface area contributed by atoms with Crippen LogP contribution in [0.25, 0.3) is 0 Å². The van der Waals surface area contributed by atoms with Crippen LogP contribution in [0.2, 0.25) is 0 Å². The lowest BCUT2D eigenvalue weighted by atomic mass is 10.1. The second kappa shape index (κ2) is 8.60. The van der Waals surface area contributed by atoms with Gasteiger partial charge in [0.1, 0.15) is 11.5 Å². The Morgan fingerprint density at radius 3 is 2.68 bits per heavy atom. The molecule has 1 saturated heterocycles. The first-order chi connectivity index (χ1) is 11.9. The van der Waals surface area contributed by atoms with Crippen molar-refractivity contribution < 1.29 is 19.1 Å². The predicted molar refractivity (Wildman–Crippen MR) is 94.9 cm³/mol. The van der Waals surface area contributed by atoms with Gasteiger partial charge >= 0.3 is 6.03 Å². The number of benzene rings is 1. The SMILES string of the molecule is COc1ccc(OC)c([C@@H](C)NC(=O)N2CCC[C@@H](NC(C)=O)C2)c1. The summed E-state index contributed by atoms with van der Waals surface area (Å²) in [5.74, 6) is 1.34. The van der Waals surface area contributed by atoms with Gasteiger partial charge in [-0.25, -0.2) is 4.79 Å². The summed E-state index contributed by atoms with van der Waals surface area (Å²) >= 11 is 0. The summed E-state index contributed by atoms with van der Waals surface area (Å²) in [4.78, 5) is 25.6. The molecule has 7 heteroatoms. The van der Waals surface area contributed by atoms with Gasteiger partial charge in [0.15, 0.2) is 0 Å². The molecule has 1 fully saturated rings. The largest absolute Gasteiger partial charge is 0.497 e. The van der Waals surface area contributed by atoms with Crippen LogP contribution < -0.4 is 20.1 Å². The van der Waals surface area contributed by atoms with Gasteiger partial charge in [0.25, 0.3) is 0 Å². The number of hydrogen-bond acceptors (Lipinski definition) is 4. The summed E-state index contributed by atoms with van der Waals surface area (Å²) in [6, 6.07) is 5.13. The highest BCUT2D eigenvalue weighted by atomic mass is 16.5. The summed E-state index contributed by atoms with van der Waals surface area (Å²) in [5.41, 5.74) is 0.852. The third-order valence-corrected chi connectivity index (χ3v) is 4.36. The number of carbonyl (C=O) groups excluding carboxylic acids is 2. The molecule has 1 aliphatic heterocycles. The molecule has 3 amide bonds. The summed E-state index contributed by atoms with van der Waals surface area (Å²) in [6.07, 6.45) is 1.76. The van der Waals surface area contributed by atoms with Gasteiger partial charge in [-0.05, 0) is 38.0 Å². The molecule has 0 bridgehead atoms. The molecule has 1 aliphatic rings. The first kappa shape index (κ1) is 18.9. The van der Waals surface area contributed by atoms with E-state index >= 15 is 0 Å². The number of carbonyl (C=O) groups is 2. The van der Waals surface area contributed by atoms with Gasteiger partial charge in [0.2, 0.25) is 5.91 Å². The van der Waals surface area contributed by atoms with Gasteiger partial charge in [-0.1, -0.05) is 0 Å².